The van der Waals surface area contributed by atoms with Gasteiger partial charge in [0.05, 0.1) is 11.1 Å². The van der Waals surface area contributed by atoms with Crippen LogP contribution in [0.25, 0.3) is 10.9 Å². The Balaban J connectivity index is 1.69. The van der Waals surface area contributed by atoms with Crippen LogP contribution in [0.3, 0.4) is 0 Å². The van der Waals surface area contributed by atoms with Gasteiger partial charge in [-0.05, 0) is 25.8 Å². The quantitative estimate of drug-likeness (QED) is 0.898. The molecule has 1 aliphatic heterocycles. The maximum atomic E-state index is 6.40. The van der Waals surface area contributed by atoms with Gasteiger partial charge in [-0.1, -0.05) is 29.8 Å². The molecule has 0 saturated carbocycles. The summed E-state index contributed by atoms with van der Waals surface area (Å²) in [5.41, 5.74) is 2.14. The van der Waals surface area contributed by atoms with Crippen LogP contribution < -0.4 is 5.32 Å². The zero-order valence-electron chi connectivity index (χ0n) is 11.1. The number of halogens is 1. The molecule has 0 spiro atoms. The molecule has 0 amide bonds. The molecule has 3 nitrogen and oxygen atoms in total. The van der Waals surface area contributed by atoms with Crippen LogP contribution >= 0.6 is 11.6 Å². The van der Waals surface area contributed by atoms with Gasteiger partial charge in [0.15, 0.2) is 0 Å². The van der Waals surface area contributed by atoms with Crippen LogP contribution in [0.1, 0.15) is 25.5 Å². The molecule has 1 saturated heterocycles. The zero-order chi connectivity index (χ0) is 13.2. The molecule has 2 unspecified atom stereocenters. The summed E-state index contributed by atoms with van der Waals surface area (Å²) < 4.78 is 5.69. The molecule has 2 heterocycles. The Morgan fingerprint density at radius 1 is 1.47 bits per heavy atom. The molecule has 1 aromatic heterocycles. The number of benzene rings is 1. The summed E-state index contributed by atoms with van der Waals surface area (Å²) in [6.45, 7) is 3.81. The van der Waals surface area contributed by atoms with Gasteiger partial charge in [0.1, 0.15) is 0 Å². The minimum Gasteiger partial charge on any atom is -0.377 e. The Morgan fingerprint density at radius 3 is 3.05 bits per heavy atom. The van der Waals surface area contributed by atoms with E-state index in [2.05, 4.69) is 17.2 Å². The van der Waals surface area contributed by atoms with E-state index >= 15 is 0 Å². The molecule has 2 N–H and O–H groups in total. The Labute approximate surface area is 118 Å². The SMILES string of the molecule is CC(NCc1[nH]c2ccccc2c1Cl)C1CCCO1. The molecule has 4 heteroatoms. The minimum atomic E-state index is 0.336. The van der Waals surface area contributed by atoms with E-state index in [1.807, 2.05) is 24.3 Å². The lowest BCUT2D eigenvalue weighted by Gasteiger charge is -2.19. The van der Waals surface area contributed by atoms with Gasteiger partial charge in [-0.2, -0.15) is 0 Å². The standard InChI is InChI=1S/C15H19ClN2O/c1-10(14-7-4-8-19-14)17-9-13-15(16)11-5-2-3-6-12(11)18-13/h2-3,5-6,10,14,17-18H,4,7-9H2,1H3. The first kappa shape index (κ1) is 13.0. The van der Waals surface area contributed by atoms with Gasteiger partial charge >= 0.3 is 0 Å². The van der Waals surface area contributed by atoms with E-state index in [0.29, 0.717) is 12.1 Å². The molecule has 19 heavy (non-hydrogen) atoms. The lowest BCUT2D eigenvalue weighted by atomic mass is 10.1. The number of hydrogen-bond donors (Lipinski definition) is 2. The Morgan fingerprint density at radius 2 is 2.32 bits per heavy atom. The highest BCUT2D eigenvalue weighted by atomic mass is 35.5. The van der Waals surface area contributed by atoms with Crippen LogP contribution in [0.2, 0.25) is 5.02 Å². The van der Waals surface area contributed by atoms with Crippen molar-refractivity contribution in [2.75, 3.05) is 6.61 Å². The highest BCUT2D eigenvalue weighted by molar-refractivity contribution is 6.36. The zero-order valence-corrected chi connectivity index (χ0v) is 11.8. The van der Waals surface area contributed by atoms with Gasteiger partial charge in [0.2, 0.25) is 0 Å². The summed E-state index contributed by atoms with van der Waals surface area (Å²) in [7, 11) is 0. The normalized spacial score (nSPS) is 21.1. The van der Waals surface area contributed by atoms with Gasteiger partial charge < -0.3 is 15.0 Å². The number of H-pyrrole nitrogens is 1. The van der Waals surface area contributed by atoms with Crippen molar-refractivity contribution in [3.8, 4) is 0 Å². The Bertz CT molecular complexity index is 560. The van der Waals surface area contributed by atoms with E-state index in [1.165, 1.54) is 6.42 Å². The van der Waals surface area contributed by atoms with Crippen molar-refractivity contribution in [1.29, 1.82) is 0 Å². The third kappa shape index (κ3) is 2.64. The van der Waals surface area contributed by atoms with Crippen LogP contribution in [0, 0.1) is 0 Å². The summed E-state index contributed by atoms with van der Waals surface area (Å²) in [6, 6.07) is 8.47. The first-order valence-corrected chi connectivity index (χ1v) is 7.23. The van der Waals surface area contributed by atoms with E-state index in [1.54, 1.807) is 0 Å². The van der Waals surface area contributed by atoms with E-state index in [-0.39, 0.29) is 0 Å². The number of hydrogen-bond acceptors (Lipinski definition) is 2. The van der Waals surface area contributed by atoms with Crippen molar-refractivity contribution < 1.29 is 4.74 Å². The number of para-hydroxylation sites is 1. The molecule has 0 radical (unpaired) electrons. The van der Waals surface area contributed by atoms with Gasteiger partial charge in [-0.25, -0.2) is 0 Å². The first-order chi connectivity index (χ1) is 9.25. The van der Waals surface area contributed by atoms with Gasteiger partial charge in [0, 0.05) is 35.8 Å². The molecule has 1 aromatic carbocycles. The second-order valence-electron chi connectivity index (χ2n) is 5.18. The predicted octanol–water partition coefficient (Wildman–Crippen LogP) is 3.48. The fourth-order valence-electron chi connectivity index (χ4n) is 2.68. The summed E-state index contributed by atoms with van der Waals surface area (Å²) >= 11 is 6.40. The first-order valence-electron chi connectivity index (χ1n) is 6.86. The molecule has 1 fully saturated rings. The Kier molecular flexibility index (Phi) is 3.78. The van der Waals surface area contributed by atoms with Crippen LogP contribution in [-0.2, 0) is 11.3 Å². The summed E-state index contributed by atoms with van der Waals surface area (Å²) in [6.07, 6.45) is 2.65. The van der Waals surface area contributed by atoms with E-state index in [9.17, 15) is 0 Å². The maximum absolute atomic E-state index is 6.40. The number of ether oxygens (including phenoxy) is 1. The van der Waals surface area contributed by atoms with Crippen molar-refractivity contribution in [1.82, 2.24) is 10.3 Å². The van der Waals surface area contributed by atoms with Crippen LogP contribution in [0.4, 0.5) is 0 Å². The summed E-state index contributed by atoms with van der Waals surface area (Å²) in [5.74, 6) is 0. The minimum absolute atomic E-state index is 0.336. The van der Waals surface area contributed by atoms with E-state index < -0.39 is 0 Å². The Hall–Kier alpha value is -1.03. The second-order valence-corrected chi connectivity index (χ2v) is 5.56. The lowest BCUT2D eigenvalue weighted by Crippen LogP contribution is -2.36. The highest BCUT2D eigenvalue weighted by Gasteiger charge is 2.22. The van der Waals surface area contributed by atoms with Crippen molar-refractivity contribution in [3.05, 3.63) is 35.0 Å². The predicted molar refractivity (Wildman–Crippen MR) is 78.6 cm³/mol. The van der Waals surface area contributed by atoms with Crippen molar-refractivity contribution >= 4 is 22.5 Å². The average Bonchev–Trinajstić information content (AvgIpc) is 3.05. The fraction of sp³-hybridized carbons (Fsp3) is 0.467. The summed E-state index contributed by atoms with van der Waals surface area (Å²) in [5, 5.41) is 5.41. The van der Waals surface area contributed by atoms with Crippen LogP contribution in [0.15, 0.2) is 24.3 Å². The smallest absolute Gasteiger partial charge is 0.0726 e. The number of nitrogens with one attached hydrogen (secondary N) is 2. The second kappa shape index (κ2) is 5.53. The van der Waals surface area contributed by atoms with Crippen LogP contribution in [-0.4, -0.2) is 23.7 Å². The van der Waals surface area contributed by atoms with E-state index in [0.717, 1.165) is 41.2 Å². The van der Waals surface area contributed by atoms with Crippen molar-refractivity contribution in [2.24, 2.45) is 0 Å². The number of rotatable bonds is 4. The molecule has 2 aromatic rings. The highest BCUT2D eigenvalue weighted by Crippen LogP contribution is 2.27. The number of fused-ring (bicyclic) bond motifs is 1. The molecular formula is C15H19ClN2O. The maximum Gasteiger partial charge on any atom is 0.0726 e. The largest absolute Gasteiger partial charge is 0.377 e. The molecule has 0 aliphatic carbocycles. The van der Waals surface area contributed by atoms with Gasteiger partial charge in [0.25, 0.3) is 0 Å². The molecule has 1 aliphatic rings. The molecule has 2 atom stereocenters. The third-order valence-electron chi connectivity index (χ3n) is 3.84. The van der Waals surface area contributed by atoms with Crippen molar-refractivity contribution in [2.45, 2.75) is 38.5 Å². The summed E-state index contributed by atoms with van der Waals surface area (Å²) in [4.78, 5) is 3.37. The third-order valence-corrected chi connectivity index (χ3v) is 4.27. The topological polar surface area (TPSA) is 37.0 Å². The average molecular weight is 279 g/mol. The molecular weight excluding hydrogens is 260 g/mol. The number of aromatic amines is 1. The fourth-order valence-corrected chi connectivity index (χ4v) is 2.96. The van der Waals surface area contributed by atoms with E-state index in [4.69, 9.17) is 16.3 Å². The monoisotopic (exact) mass is 278 g/mol. The molecule has 102 valence electrons. The van der Waals surface area contributed by atoms with Crippen LogP contribution in [0.5, 0.6) is 0 Å². The lowest BCUT2D eigenvalue weighted by molar-refractivity contribution is 0.0831. The van der Waals surface area contributed by atoms with Gasteiger partial charge in [-0.3, -0.25) is 0 Å². The van der Waals surface area contributed by atoms with Gasteiger partial charge in [-0.15, -0.1) is 0 Å². The molecule has 0 bridgehead atoms. The van der Waals surface area contributed by atoms with Crippen molar-refractivity contribution in [3.63, 3.8) is 0 Å². The molecule has 3 rings (SSSR count). The number of aromatic nitrogens is 1.